The van der Waals surface area contributed by atoms with Crippen LogP contribution in [0, 0.1) is 22.7 Å². The molecule has 22 heavy (non-hydrogen) atoms. The third kappa shape index (κ3) is 3.26. The fraction of sp³-hybridized carbons (Fsp3) is 0.111. The van der Waals surface area contributed by atoms with Crippen LogP contribution in [0.3, 0.4) is 0 Å². The first-order valence-corrected chi connectivity index (χ1v) is 6.56. The van der Waals surface area contributed by atoms with Crippen LogP contribution in [0.25, 0.3) is 11.6 Å². The number of hydrogen-bond acceptors (Lipinski definition) is 4. The van der Waals surface area contributed by atoms with Crippen LogP contribution in [-0.4, -0.2) is 14.2 Å². The van der Waals surface area contributed by atoms with Crippen LogP contribution in [0.15, 0.2) is 42.5 Å². The molecular weight excluding hydrogens is 276 g/mol. The Hall–Kier alpha value is -3.24. The van der Waals surface area contributed by atoms with Gasteiger partial charge in [0.15, 0.2) is 0 Å². The van der Waals surface area contributed by atoms with Crippen molar-refractivity contribution in [1.82, 2.24) is 0 Å². The van der Waals surface area contributed by atoms with Crippen LogP contribution in [0.4, 0.5) is 0 Å². The van der Waals surface area contributed by atoms with Crippen LogP contribution < -0.4 is 9.47 Å². The molecule has 0 heterocycles. The van der Waals surface area contributed by atoms with Crippen LogP contribution in [0.1, 0.15) is 16.7 Å². The van der Waals surface area contributed by atoms with Gasteiger partial charge in [0.25, 0.3) is 0 Å². The Bertz CT molecular complexity index is 795. The third-order valence-corrected chi connectivity index (χ3v) is 3.16. The molecule has 0 saturated carbocycles. The molecule has 0 N–H and O–H groups in total. The minimum Gasteiger partial charge on any atom is -0.497 e. The number of ether oxygens (including phenoxy) is 2. The zero-order chi connectivity index (χ0) is 15.9. The SMILES string of the molecule is COc1ccc(/C=C(/C#N)c2cccc(C#N)c2)c(OC)c1. The van der Waals surface area contributed by atoms with Crippen molar-refractivity contribution in [3.05, 3.63) is 59.2 Å². The van der Waals surface area contributed by atoms with Gasteiger partial charge in [0.1, 0.15) is 11.5 Å². The van der Waals surface area contributed by atoms with E-state index in [1.807, 2.05) is 6.07 Å². The molecule has 0 amide bonds. The van der Waals surface area contributed by atoms with E-state index in [0.29, 0.717) is 28.2 Å². The van der Waals surface area contributed by atoms with Crippen molar-refractivity contribution in [2.45, 2.75) is 0 Å². The van der Waals surface area contributed by atoms with Crippen molar-refractivity contribution in [3.63, 3.8) is 0 Å². The maximum atomic E-state index is 9.40. The van der Waals surface area contributed by atoms with Gasteiger partial charge >= 0.3 is 0 Å². The second kappa shape index (κ2) is 6.97. The van der Waals surface area contributed by atoms with Crippen LogP contribution in [0.2, 0.25) is 0 Å². The Morgan fingerprint density at radius 2 is 1.86 bits per heavy atom. The Balaban J connectivity index is 2.49. The van der Waals surface area contributed by atoms with Crippen LogP contribution in [-0.2, 0) is 0 Å². The maximum Gasteiger partial charge on any atom is 0.129 e. The average Bonchev–Trinajstić information content (AvgIpc) is 2.59. The minimum absolute atomic E-state index is 0.459. The largest absolute Gasteiger partial charge is 0.497 e. The number of nitriles is 2. The van der Waals surface area contributed by atoms with E-state index in [1.54, 1.807) is 56.7 Å². The van der Waals surface area contributed by atoms with E-state index < -0.39 is 0 Å². The lowest BCUT2D eigenvalue weighted by atomic mass is 10.0. The van der Waals surface area contributed by atoms with E-state index >= 15 is 0 Å². The van der Waals surface area contributed by atoms with Crippen molar-refractivity contribution in [1.29, 1.82) is 10.5 Å². The Labute approximate surface area is 129 Å². The highest BCUT2D eigenvalue weighted by molar-refractivity contribution is 5.91. The molecule has 0 aliphatic carbocycles. The molecule has 0 atom stereocenters. The van der Waals surface area contributed by atoms with Gasteiger partial charge < -0.3 is 9.47 Å². The highest BCUT2D eigenvalue weighted by Crippen LogP contribution is 2.28. The van der Waals surface area contributed by atoms with Gasteiger partial charge in [0.05, 0.1) is 37.5 Å². The standard InChI is InChI=1S/C18H14N2O2/c1-21-17-7-6-15(18(10-17)22-2)9-16(12-20)14-5-3-4-13(8-14)11-19/h3-10H,1-2H3/b16-9-. The molecule has 4 nitrogen and oxygen atoms in total. The van der Waals surface area contributed by atoms with Crippen molar-refractivity contribution >= 4 is 11.6 Å². The summed E-state index contributed by atoms with van der Waals surface area (Å²) in [6, 6.07) is 16.6. The zero-order valence-electron chi connectivity index (χ0n) is 12.3. The van der Waals surface area contributed by atoms with E-state index in [2.05, 4.69) is 12.1 Å². The molecule has 0 unspecified atom stereocenters. The predicted octanol–water partition coefficient (Wildman–Crippen LogP) is 3.64. The summed E-state index contributed by atoms with van der Waals surface area (Å²) in [5, 5.41) is 18.4. The molecule has 0 fully saturated rings. The molecule has 2 aromatic rings. The molecule has 0 bridgehead atoms. The monoisotopic (exact) mass is 290 g/mol. The van der Waals surface area contributed by atoms with Crippen molar-refractivity contribution in [2.24, 2.45) is 0 Å². The van der Waals surface area contributed by atoms with E-state index in [9.17, 15) is 5.26 Å². The topological polar surface area (TPSA) is 66.0 Å². The minimum atomic E-state index is 0.459. The molecule has 4 heteroatoms. The summed E-state index contributed by atoms with van der Waals surface area (Å²) in [4.78, 5) is 0. The second-order valence-corrected chi connectivity index (χ2v) is 4.47. The highest BCUT2D eigenvalue weighted by atomic mass is 16.5. The molecule has 2 rings (SSSR count). The Morgan fingerprint density at radius 1 is 1.05 bits per heavy atom. The number of allylic oxidation sites excluding steroid dienone is 1. The first kappa shape index (κ1) is 15.2. The predicted molar refractivity (Wildman–Crippen MR) is 84.2 cm³/mol. The van der Waals surface area contributed by atoms with Crippen molar-refractivity contribution < 1.29 is 9.47 Å². The summed E-state index contributed by atoms with van der Waals surface area (Å²) in [6.45, 7) is 0. The second-order valence-electron chi connectivity index (χ2n) is 4.47. The van der Waals surface area contributed by atoms with Gasteiger partial charge in [-0.25, -0.2) is 0 Å². The molecule has 0 radical (unpaired) electrons. The van der Waals surface area contributed by atoms with Gasteiger partial charge in [-0.3, -0.25) is 0 Å². The van der Waals surface area contributed by atoms with Gasteiger partial charge in [0.2, 0.25) is 0 Å². The molecule has 2 aromatic carbocycles. The molecule has 108 valence electrons. The van der Waals surface area contributed by atoms with Gasteiger partial charge in [-0.05, 0) is 35.9 Å². The quantitative estimate of drug-likeness (QED) is 0.637. The van der Waals surface area contributed by atoms with Gasteiger partial charge in [-0.15, -0.1) is 0 Å². The Morgan fingerprint density at radius 3 is 2.50 bits per heavy atom. The number of rotatable bonds is 4. The number of nitrogens with zero attached hydrogens (tertiary/aromatic N) is 2. The van der Waals surface area contributed by atoms with Gasteiger partial charge in [0, 0.05) is 11.6 Å². The lowest BCUT2D eigenvalue weighted by molar-refractivity contribution is 0.394. The Kier molecular flexibility index (Phi) is 4.80. The molecular formula is C18H14N2O2. The molecule has 0 aliphatic heterocycles. The molecule has 0 saturated heterocycles. The molecule has 0 aliphatic rings. The summed E-state index contributed by atoms with van der Waals surface area (Å²) in [5.74, 6) is 1.29. The first-order valence-electron chi connectivity index (χ1n) is 6.56. The molecule has 0 aromatic heterocycles. The zero-order valence-corrected chi connectivity index (χ0v) is 12.3. The fourth-order valence-corrected chi connectivity index (χ4v) is 2.03. The summed E-state index contributed by atoms with van der Waals surface area (Å²) in [6.07, 6.45) is 1.73. The molecule has 0 spiro atoms. The number of methoxy groups -OCH3 is 2. The van der Waals surface area contributed by atoms with Crippen molar-refractivity contribution in [2.75, 3.05) is 14.2 Å². The average molecular weight is 290 g/mol. The van der Waals surface area contributed by atoms with E-state index in [-0.39, 0.29) is 0 Å². The maximum absolute atomic E-state index is 9.40. The van der Waals surface area contributed by atoms with E-state index in [1.165, 1.54) is 0 Å². The lowest BCUT2D eigenvalue weighted by Gasteiger charge is -2.08. The lowest BCUT2D eigenvalue weighted by Crippen LogP contribution is -1.91. The normalized spacial score (nSPS) is 10.5. The van der Waals surface area contributed by atoms with Gasteiger partial charge in [-0.1, -0.05) is 12.1 Å². The van der Waals surface area contributed by atoms with E-state index in [4.69, 9.17) is 14.7 Å². The smallest absolute Gasteiger partial charge is 0.129 e. The van der Waals surface area contributed by atoms with Crippen LogP contribution >= 0.6 is 0 Å². The van der Waals surface area contributed by atoms with Gasteiger partial charge in [-0.2, -0.15) is 10.5 Å². The number of hydrogen-bond donors (Lipinski definition) is 0. The van der Waals surface area contributed by atoms with Crippen molar-refractivity contribution in [3.8, 4) is 23.6 Å². The summed E-state index contributed by atoms with van der Waals surface area (Å²) in [7, 11) is 3.15. The summed E-state index contributed by atoms with van der Waals surface area (Å²) >= 11 is 0. The van der Waals surface area contributed by atoms with Crippen LogP contribution in [0.5, 0.6) is 11.5 Å². The number of benzene rings is 2. The summed E-state index contributed by atoms with van der Waals surface area (Å²) in [5.41, 5.74) is 2.43. The highest BCUT2D eigenvalue weighted by Gasteiger charge is 2.07. The fourth-order valence-electron chi connectivity index (χ4n) is 2.03. The first-order chi connectivity index (χ1) is 10.7. The van der Waals surface area contributed by atoms with E-state index in [0.717, 1.165) is 5.56 Å². The summed E-state index contributed by atoms with van der Waals surface area (Å²) < 4.78 is 10.5. The third-order valence-electron chi connectivity index (χ3n) is 3.16.